The summed E-state index contributed by atoms with van der Waals surface area (Å²) in [7, 11) is 0. The monoisotopic (exact) mass is 244 g/mol. The van der Waals surface area contributed by atoms with Gasteiger partial charge < -0.3 is 0 Å². The lowest BCUT2D eigenvalue weighted by Gasteiger charge is -2.13. The molecular weight excluding hydrogens is 228 g/mol. The van der Waals surface area contributed by atoms with Gasteiger partial charge in [0, 0.05) is 5.92 Å². The summed E-state index contributed by atoms with van der Waals surface area (Å²) in [6.45, 7) is 2.33. The molecule has 0 aliphatic heterocycles. The minimum atomic E-state index is 0.497. The van der Waals surface area contributed by atoms with E-state index < -0.39 is 0 Å². The SMILES string of the molecule is CC1c2ccccc2-c2cccc(C3=CCC=C3)c21. The van der Waals surface area contributed by atoms with E-state index in [9.17, 15) is 0 Å². The Morgan fingerprint density at radius 2 is 1.68 bits per heavy atom. The minimum Gasteiger partial charge on any atom is -0.0801 e. The molecule has 1 unspecified atom stereocenters. The van der Waals surface area contributed by atoms with E-state index in [-0.39, 0.29) is 0 Å². The van der Waals surface area contributed by atoms with Gasteiger partial charge in [0.25, 0.3) is 0 Å². The zero-order valence-corrected chi connectivity index (χ0v) is 11.1. The van der Waals surface area contributed by atoms with Gasteiger partial charge in [-0.1, -0.05) is 67.6 Å². The van der Waals surface area contributed by atoms with Crippen molar-refractivity contribution in [3.05, 3.63) is 77.4 Å². The standard InChI is InChI=1S/C19H16/c1-13-15-9-4-5-10-17(15)18-12-6-11-16(19(13)18)14-7-2-3-8-14/h2,4-13H,3H2,1H3. The first-order valence-electron chi connectivity index (χ1n) is 6.95. The van der Waals surface area contributed by atoms with Gasteiger partial charge in [0.05, 0.1) is 0 Å². The van der Waals surface area contributed by atoms with Gasteiger partial charge in [-0.05, 0) is 39.8 Å². The van der Waals surface area contributed by atoms with Crippen LogP contribution in [0.15, 0.2) is 60.7 Å². The summed E-state index contributed by atoms with van der Waals surface area (Å²) in [6, 6.07) is 15.5. The van der Waals surface area contributed by atoms with Crippen LogP contribution in [0.2, 0.25) is 0 Å². The maximum absolute atomic E-state index is 2.33. The van der Waals surface area contributed by atoms with E-state index in [0.717, 1.165) is 6.42 Å². The van der Waals surface area contributed by atoms with Crippen LogP contribution in [0, 0.1) is 0 Å². The highest BCUT2D eigenvalue weighted by Crippen LogP contribution is 2.47. The van der Waals surface area contributed by atoms with Crippen molar-refractivity contribution in [1.29, 1.82) is 0 Å². The third kappa shape index (κ3) is 1.46. The molecule has 1 atom stereocenters. The molecule has 0 spiro atoms. The van der Waals surface area contributed by atoms with Crippen LogP contribution in [-0.4, -0.2) is 0 Å². The second-order valence-corrected chi connectivity index (χ2v) is 5.37. The van der Waals surface area contributed by atoms with E-state index in [0.29, 0.717) is 5.92 Å². The lowest BCUT2D eigenvalue weighted by Crippen LogP contribution is -1.95. The molecule has 4 rings (SSSR count). The highest BCUT2D eigenvalue weighted by atomic mass is 14.3. The summed E-state index contributed by atoms with van der Waals surface area (Å²) in [5, 5.41) is 0. The predicted molar refractivity (Wildman–Crippen MR) is 81.1 cm³/mol. The van der Waals surface area contributed by atoms with Crippen molar-refractivity contribution in [2.24, 2.45) is 0 Å². The Balaban J connectivity index is 1.99. The molecule has 2 aromatic carbocycles. The van der Waals surface area contributed by atoms with Crippen molar-refractivity contribution in [1.82, 2.24) is 0 Å². The largest absolute Gasteiger partial charge is 0.0801 e. The molecule has 0 heterocycles. The van der Waals surface area contributed by atoms with Crippen LogP contribution in [0.1, 0.15) is 36.0 Å². The molecule has 92 valence electrons. The van der Waals surface area contributed by atoms with E-state index in [4.69, 9.17) is 0 Å². The number of fused-ring (bicyclic) bond motifs is 3. The van der Waals surface area contributed by atoms with Crippen LogP contribution in [0.4, 0.5) is 0 Å². The molecule has 2 aromatic rings. The minimum absolute atomic E-state index is 0.497. The van der Waals surface area contributed by atoms with E-state index in [1.54, 1.807) is 0 Å². The first kappa shape index (κ1) is 10.8. The van der Waals surface area contributed by atoms with Gasteiger partial charge in [-0.15, -0.1) is 0 Å². The quantitative estimate of drug-likeness (QED) is 0.649. The maximum atomic E-state index is 2.33. The van der Waals surface area contributed by atoms with Gasteiger partial charge in [-0.2, -0.15) is 0 Å². The van der Waals surface area contributed by atoms with Gasteiger partial charge >= 0.3 is 0 Å². The molecule has 2 aliphatic rings. The third-order valence-corrected chi connectivity index (χ3v) is 4.34. The molecule has 0 radical (unpaired) electrons. The Kier molecular flexibility index (Phi) is 2.25. The topological polar surface area (TPSA) is 0 Å². The Labute approximate surface area is 114 Å². The van der Waals surface area contributed by atoms with Crippen LogP contribution in [0.25, 0.3) is 16.7 Å². The highest BCUT2D eigenvalue weighted by molar-refractivity contribution is 5.88. The van der Waals surface area contributed by atoms with E-state index >= 15 is 0 Å². The highest BCUT2D eigenvalue weighted by Gasteiger charge is 2.27. The van der Waals surface area contributed by atoms with Crippen LogP contribution in [0.3, 0.4) is 0 Å². The second kappa shape index (κ2) is 3.96. The average molecular weight is 244 g/mol. The molecular formula is C19H16. The van der Waals surface area contributed by atoms with E-state index in [1.165, 1.54) is 33.4 Å². The lowest BCUT2D eigenvalue weighted by molar-refractivity contribution is 0.952. The fourth-order valence-corrected chi connectivity index (χ4v) is 3.45. The summed E-state index contributed by atoms with van der Waals surface area (Å²) in [5.74, 6) is 0.497. The van der Waals surface area contributed by atoms with Crippen LogP contribution in [-0.2, 0) is 0 Å². The molecule has 0 saturated carbocycles. The molecule has 0 N–H and O–H groups in total. The first-order chi connectivity index (χ1) is 9.36. The van der Waals surface area contributed by atoms with E-state index in [1.807, 2.05) is 0 Å². The Morgan fingerprint density at radius 1 is 0.895 bits per heavy atom. The van der Waals surface area contributed by atoms with Gasteiger partial charge in [0.2, 0.25) is 0 Å². The van der Waals surface area contributed by atoms with Crippen LogP contribution >= 0.6 is 0 Å². The number of hydrogen-bond acceptors (Lipinski definition) is 0. The molecule has 0 nitrogen and oxygen atoms in total. The molecule has 0 bridgehead atoms. The fourth-order valence-electron chi connectivity index (χ4n) is 3.45. The van der Waals surface area contributed by atoms with Gasteiger partial charge in [-0.25, -0.2) is 0 Å². The van der Waals surface area contributed by atoms with Crippen molar-refractivity contribution in [2.45, 2.75) is 19.3 Å². The molecule has 0 amide bonds. The predicted octanol–water partition coefficient (Wildman–Crippen LogP) is 5.16. The smallest absolute Gasteiger partial charge is 0.00794 e. The van der Waals surface area contributed by atoms with Gasteiger partial charge in [0.15, 0.2) is 0 Å². The molecule has 19 heavy (non-hydrogen) atoms. The summed E-state index contributed by atoms with van der Waals surface area (Å²) >= 11 is 0. The summed E-state index contributed by atoms with van der Waals surface area (Å²) in [5.41, 5.74) is 8.59. The third-order valence-electron chi connectivity index (χ3n) is 4.34. The fraction of sp³-hybridized carbons (Fsp3) is 0.158. The summed E-state index contributed by atoms with van der Waals surface area (Å²) in [4.78, 5) is 0. The van der Waals surface area contributed by atoms with E-state index in [2.05, 4.69) is 67.6 Å². The van der Waals surface area contributed by atoms with Crippen molar-refractivity contribution in [2.75, 3.05) is 0 Å². The average Bonchev–Trinajstić information content (AvgIpc) is 3.08. The van der Waals surface area contributed by atoms with Crippen LogP contribution < -0.4 is 0 Å². The molecule has 0 heteroatoms. The molecule has 0 saturated heterocycles. The molecule has 0 fully saturated rings. The zero-order valence-electron chi connectivity index (χ0n) is 11.1. The summed E-state index contributed by atoms with van der Waals surface area (Å²) < 4.78 is 0. The van der Waals surface area contributed by atoms with Crippen LogP contribution in [0.5, 0.6) is 0 Å². The normalized spacial score (nSPS) is 19.2. The number of benzene rings is 2. The van der Waals surface area contributed by atoms with Crippen molar-refractivity contribution >= 4 is 5.57 Å². The van der Waals surface area contributed by atoms with Crippen molar-refractivity contribution < 1.29 is 0 Å². The Morgan fingerprint density at radius 3 is 2.53 bits per heavy atom. The zero-order chi connectivity index (χ0) is 12.8. The maximum Gasteiger partial charge on any atom is 0.00794 e. The number of rotatable bonds is 1. The first-order valence-corrected chi connectivity index (χ1v) is 6.95. The molecule has 2 aliphatic carbocycles. The Bertz CT molecular complexity index is 717. The van der Waals surface area contributed by atoms with Gasteiger partial charge in [-0.3, -0.25) is 0 Å². The van der Waals surface area contributed by atoms with Crippen molar-refractivity contribution in [3.8, 4) is 11.1 Å². The van der Waals surface area contributed by atoms with Gasteiger partial charge in [0.1, 0.15) is 0 Å². The molecule has 0 aromatic heterocycles. The number of allylic oxidation sites excluding steroid dienone is 4. The Hall–Kier alpha value is -2.08. The summed E-state index contributed by atoms with van der Waals surface area (Å²) in [6.07, 6.45) is 7.89. The second-order valence-electron chi connectivity index (χ2n) is 5.37. The number of hydrogen-bond donors (Lipinski definition) is 0. The van der Waals surface area contributed by atoms with Crippen molar-refractivity contribution in [3.63, 3.8) is 0 Å². The lowest BCUT2D eigenvalue weighted by atomic mass is 9.91.